The number of aryl methyl sites for hydroxylation is 1. The third kappa shape index (κ3) is 4.72. The molecule has 148 valence electrons. The van der Waals surface area contributed by atoms with Gasteiger partial charge in [-0.1, -0.05) is 24.3 Å². The first kappa shape index (κ1) is 19.9. The van der Waals surface area contributed by atoms with Crippen LogP contribution in [0.15, 0.2) is 48.5 Å². The van der Waals surface area contributed by atoms with Crippen LogP contribution in [0.1, 0.15) is 23.6 Å². The molecule has 7 heteroatoms. The number of amides is 2. The monoisotopic (exact) mass is 388 g/mol. The van der Waals surface area contributed by atoms with Crippen LogP contribution in [0, 0.1) is 11.6 Å². The van der Waals surface area contributed by atoms with E-state index in [4.69, 9.17) is 4.74 Å². The maximum absolute atomic E-state index is 13.2. The van der Waals surface area contributed by atoms with E-state index in [-0.39, 0.29) is 24.2 Å². The molecule has 5 nitrogen and oxygen atoms in total. The predicted octanol–water partition coefficient (Wildman–Crippen LogP) is 2.61. The lowest BCUT2D eigenvalue weighted by Gasteiger charge is -2.38. The number of morpholine rings is 1. The zero-order valence-electron chi connectivity index (χ0n) is 15.5. The fourth-order valence-corrected chi connectivity index (χ4v) is 3.25. The van der Waals surface area contributed by atoms with Crippen molar-refractivity contribution in [1.29, 1.82) is 0 Å². The van der Waals surface area contributed by atoms with Crippen molar-refractivity contribution >= 4 is 11.8 Å². The molecule has 3 rings (SSSR count). The first-order valence-corrected chi connectivity index (χ1v) is 9.10. The van der Waals surface area contributed by atoms with Gasteiger partial charge in [-0.3, -0.25) is 9.59 Å². The Morgan fingerprint density at radius 2 is 1.71 bits per heavy atom. The van der Waals surface area contributed by atoms with Gasteiger partial charge in [0.25, 0.3) is 5.91 Å². The van der Waals surface area contributed by atoms with Gasteiger partial charge in [-0.15, -0.1) is 0 Å². The summed E-state index contributed by atoms with van der Waals surface area (Å²) >= 11 is 0. The summed E-state index contributed by atoms with van der Waals surface area (Å²) in [6.45, 7) is 0.242. The van der Waals surface area contributed by atoms with Crippen LogP contribution < -0.4 is 5.32 Å². The van der Waals surface area contributed by atoms with E-state index in [0.717, 1.165) is 5.56 Å². The van der Waals surface area contributed by atoms with Crippen molar-refractivity contribution < 1.29 is 23.1 Å². The van der Waals surface area contributed by atoms with E-state index < -0.39 is 18.0 Å². The van der Waals surface area contributed by atoms with E-state index in [2.05, 4.69) is 5.32 Å². The summed E-state index contributed by atoms with van der Waals surface area (Å²) in [5.41, 5.74) is 1.61. The maximum Gasteiger partial charge on any atom is 0.251 e. The molecule has 0 radical (unpaired) electrons. The Bertz CT molecular complexity index is 825. The third-order valence-corrected chi connectivity index (χ3v) is 4.81. The maximum atomic E-state index is 13.2. The van der Waals surface area contributed by atoms with Gasteiger partial charge in [-0.05, 0) is 48.2 Å². The van der Waals surface area contributed by atoms with E-state index in [0.29, 0.717) is 24.9 Å². The second-order valence-electron chi connectivity index (χ2n) is 6.75. The number of rotatable bonds is 6. The molecule has 0 unspecified atom stereocenters. The highest BCUT2D eigenvalue weighted by molar-refractivity contribution is 5.86. The number of benzene rings is 2. The van der Waals surface area contributed by atoms with E-state index in [1.165, 1.54) is 29.2 Å². The Kier molecular flexibility index (Phi) is 6.36. The Labute approximate surface area is 162 Å². The van der Waals surface area contributed by atoms with Crippen LogP contribution in [0.5, 0.6) is 0 Å². The molecule has 2 aromatic rings. The summed E-state index contributed by atoms with van der Waals surface area (Å²) < 4.78 is 31.7. The predicted molar refractivity (Wildman–Crippen MR) is 99.4 cm³/mol. The molecule has 1 N–H and O–H groups in total. The van der Waals surface area contributed by atoms with Gasteiger partial charge >= 0.3 is 0 Å². The fraction of sp³-hybridized carbons (Fsp3) is 0.333. The molecule has 0 aromatic heterocycles. The molecule has 0 bridgehead atoms. The Hall–Kier alpha value is -2.80. The Balaban J connectivity index is 1.60. The fourth-order valence-electron chi connectivity index (χ4n) is 3.25. The van der Waals surface area contributed by atoms with E-state index in [1.807, 2.05) is 0 Å². The number of likely N-dealkylation sites (N-methyl/N-ethyl adjacent to an activating group) is 1. The summed E-state index contributed by atoms with van der Waals surface area (Å²) in [5, 5.41) is 2.83. The molecule has 1 fully saturated rings. The summed E-state index contributed by atoms with van der Waals surface area (Å²) in [7, 11) is 1.60. The number of hydrogen-bond acceptors (Lipinski definition) is 3. The summed E-state index contributed by atoms with van der Waals surface area (Å²) in [5.74, 6) is -1.24. The lowest BCUT2D eigenvalue weighted by atomic mass is 9.97. The number of nitrogens with one attached hydrogen (secondary N) is 1. The van der Waals surface area contributed by atoms with Crippen molar-refractivity contribution in [2.24, 2.45) is 0 Å². The minimum Gasteiger partial charge on any atom is -0.356 e. The first-order valence-electron chi connectivity index (χ1n) is 9.10. The number of carbonyl (C=O) groups is 2. The van der Waals surface area contributed by atoms with Crippen molar-refractivity contribution in [3.63, 3.8) is 0 Å². The molecule has 2 amide bonds. The van der Waals surface area contributed by atoms with Crippen LogP contribution in [0.2, 0.25) is 0 Å². The number of ether oxygens (including phenoxy) is 1. The standard InChI is InChI=1S/C21H22F2N2O3/c1-25-18(26)13-28-20(19(25)15-6-10-17(23)11-7-15)21(27)24-12-2-3-14-4-8-16(22)9-5-14/h4-11,19-20H,2-3,12-13H2,1H3,(H,24,27)/t19-,20+/m1/s1. The van der Waals surface area contributed by atoms with Gasteiger partial charge in [0, 0.05) is 13.6 Å². The summed E-state index contributed by atoms with van der Waals surface area (Å²) in [6, 6.07) is 11.3. The third-order valence-electron chi connectivity index (χ3n) is 4.81. The van der Waals surface area contributed by atoms with Crippen LogP contribution >= 0.6 is 0 Å². The first-order chi connectivity index (χ1) is 13.5. The number of carbonyl (C=O) groups excluding carboxylic acids is 2. The summed E-state index contributed by atoms with van der Waals surface area (Å²) in [6.07, 6.45) is 0.505. The summed E-state index contributed by atoms with van der Waals surface area (Å²) in [4.78, 5) is 26.1. The SMILES string of the molecule is CN1C(=O)CO[C@H](C(=O)NCCCc2ccc(F)cc2)[C@H]1c1ccc(F)cc1. The lowest BCUT2D eigenvalue weighted by Crippen LogP contribution is -2.53. The highest BCUT2D eigenvalue weighted by atomic mass is 19.1. The lowest BCUT2D eigenvalue weighted by molar-refractivity contribution is -0.162. The molecule has 0 spiro atoms. The van der Waals surface area contributed by atoms with Crippen molar-refractivity contribution in [3.05, 3.63) is 71.3 Å². The second kappa shape index (κ2) is 8.93. The molecule has 2 aromatic carbocycles. The van der Waals surface area contributed by atoms with Gasteiger partial charge in [-0.2, -0.15) is 0 Å². The Morgan fingerprint density at radius 1 is 1.11 bits per heavy atom. The zero-order chi connectivity index (χ0) is 20.1. The van der Waals surface area contributed by atoms with Crippen molar-refractivity contribution in [1.82, 2.24) is 10.2 Å². The van der Waals surface area contributed by atoms with Crippen LogP contribution in [0.4, 0.5) is 8.78 Å². The number of halogens is 2. The minimum atomic E-state index is -0.876. The normalized spacial score (nSPS) is 19.5. The van der Waals surface area contributed by atoms with E-state index >= 15 is 0 Å². The Morgan fingerprint density at radius 3 is 2.36 bits per heavy atom. The van der Waals surface area contributed by atoms with Crippen molar-refractivity contribution in [2.75, 3.05) is 20.2 Å². The van der Waals surface area contributed by atoms with Gasteiger partial charge in [0.2, 0.25) is 5.91 Å². The second-order valence-corrected chi connectivity index (χ2v) is 6.75. The van der Waals surface area contributed by atoms with Gasteiger partial charge in [0.05, 0.1) is 6.04 Å². The average molecular weight is 388 g/mol. The van der Waals surface area contributed by atoms with E-state index in [1.54, 1.807) is 31.3 Å². The molecule has 2 atom stereocenters. The van der Waals surface area contributed by atoms with Crippen LogP contribution in [-0.4, -0.2) is 43.0 Å². The van der Waals surface area contributed by atoms with Gasteiger partial charge < -0.3 is 15.0 Å². The highest BCUT2D eigenvalue weighted by Crippen LogP contribution is 2.29. The van der Waals surface area contributed by atoms with E-state index in [9.17, 15) is 18.4 Å². The molecule has 28 heavy (non-hydrogen) atoms. The largest absolute Gasteiger partial charge is 0.356 e. The van der Waals surface area contributed by atoms with Gasteiger partial charge in [-0.25, -0.2) is 8.78 Å². The quantitative estimate of drug-likeness (QED) is 0.774. The molecule has 1 aliphatic heterocycles. The van der Waals surface area contributed by atoms with Gasteiger partial charge in [0.15, 0.2) is 6.10 Å². The molecular formula is C21H22F2N2O3. The zero-order valence-corrected chi connectivity index (χ0v) is 15.5. The van der Waals surface area contributed by atoms with Gasteiger partial charge in [0.1, 0.15) is 18.2 Å². The molecule has 1 aliphatic rings. The minimum absolute atomic E-state index is 0.179. The molecule has 1 saturated heterocycles. The highest BCUT2D eigenvalue weighted by Gasteiger charge is 2.39. The van der Waals surface area contributed by atoms with Crippen molar-refractivity contribution in [3.8, 4) is 0 Å². The van der Waals surface area contributed by atoms with Crippen LogP contribution in [0.3, 0.4) is 0 Å². The smallest absolute Gasteiger partial charge is 0.251 e. The van der Waals surface area contributed by atoms with Crippen LogP contribution in [-0.2, 0) is 20.7 Å². The topological polar surface area (TPSA) is 58.6 Å². The average Bonchev–Trinajstić information content (AvgIpc) is 2.69. The van der Waals surface area contributed by atoms with Crippen molar-refractivity contribution in [2.45, 2.75) is 25.0 Å². The number of hydrogen-bond donors (Lipinski definition) is 1. The number of nitrogens with zero attached hydrogens (tertiary/aromatic N) is 1. The molecular weight excluding hydrogens is 366 g/mol. The molecule has 1 heterocycles. The molecule has 0 saturated carbocycles. The van der Waals surface area contributed by atoms with Crippen LogP contribution in [0.25, 0.3) is 0 Å². The molecule has 0 aliphatic carbocycles.